The molecule has 0 saturated carbocycles. The van der Waals surface area contributed by atoms with Gasteiger partial charge in [-0.3, -0.25) is 4.79 Å². The zero-order valence-electron chi connectivity index (χ0n) is 16.0. The van der Waals surface area contributed by atoms with Gasteiger partial charge in [0, 0.05) is 23.9 Å². The molecule has 142 valence electrons. The topological polar surface area (TPSA) is 20.3 Å². The summed E-state index contributed by atoms with van der Waals surface area (Å²) in [4.78, 5) is 15.7. The molecule has 0 bridgehead atoms. The molecule has 1 atom stereocenters. The van der Waals surface area contributed by atoms with E-state index in [4.69, 9.17) is 0 Å². The molecule has 3 aromatic carbocycles. The van der Waals surface area contributed by atoms with Crippen LogP contribution in [0, 0.1) is 0 Å². The predicted octanol–water partition coefficient (Wildman–Crippen LogP) is 6.25. The predicted molar refractivity (Wildman–Crippen MR) is 122 cm³/mol. The highest BCUT2D eigenvalue weighted by Gasteiger charge is 2.36. The molecule has 3 aromatic rings. The highest BCUT2D eigenvalue weighted by Crippen LogP contribution is 2.50. The van der Waals surface area contributed by atoms with Crippen LogP contribution < -0.4 is 4.90 Å². The Bertz CT molecular complexity index is 1090. The SMILES string of the molecule is O=C1CC(c2ccccc2)SC2=C1C(c1ccccc1)=CCN2c1ccccc1. The van der Waals surface area contributed by atoms with E-state index in [-0.39, 0.29) is 11.0 Å². The van der Waals surface area contributed by atoms with Crippen LogP contribution in [-0.2, 0) is 4.79 Å². The number of hydrogen-bond acceptors (Lipinski definition) is 3. The summed E-state index contributed by atoms with van der Waals surface area (Å²) in [7, 11) is 0. The normalized spacial score (nSPS) is 19.0. The summed E-state index contributed by atoms with van der Waals surface area (Å²) in [6.07, 6.45) is 2.72. The summed E-state index contributed by atoms with van der Waals surface area (Å²) in [6, 6.07) is 31.0. The third-order valence-electron chi connectivity index (χ3n) is 5.43. The minimum Gasteiger partial charge on any atom is -0.332 e. The Morgan fingerprint density at radius 3 is 2.10 bits per heavy atom. The zero-order chi connectivity index (χ0) is 19.6. The van der Waals surface area contributed by atoms with Crippen LogP contribution in [0.2, 0.25) is 0 Å². The maximum Gasteiger partial charge on any atom is 0.167 e. The summed E-state index contributed by atoms with van der Waals surface area (Å²) in [5.41, 5.74) is 5.37. The van der Waals surface area contributed by atoms with Crippen molar-refractivity contribution in [2.24, 2.45) is 0 Å². The van der Waals surface area contributed by atoms with Crippen LogP contribution in [-0.4, -0.2) is 12.3 Å². The van der Waals surface area contributed by atoms with Gasteiger partial charge >= 0.3 is 0 Å². The lowest BCUT2D eigenvalue weighted by atomic mass is 9.90. The number of thioether (sulfide) groups is 1. The number of rotatable bonds is 3. The second kappa shape index (κ2) is 7.76. The monoisotopic (exact) mass is 395 g/mol. The van der Waals surface area contributed by atoms with Gasteiger partial charge in [0.2, 0.25) is 0 Å². The molecule has 0 spiro atoms. The van der Waals surface area contributed by atoms with E-state index in [0.717, 1.165) is 34.0 Å². The Hall–Kier alpha value is -3.04. The summed E-state index contributed by atoms with van der Waals surface area (Å²) in [5.74, 6) is 0.225. The Kier molecular flexibility index (Phi) is 4.82. The minimum atomic E-state index is 0.142. The molecule has 0 saturated heterocycles. The van der Waals surface area contributed by atoms with Crippen molar-refractivity contribution in [1.29, 1.82) is 0 Å². The number of carbonyl (C=O) groups is 1. The van der Waals surface area contributed by atoms with E-state index in [0.29, 0.717) is 6.42 Å². The summed E-state index contributed by atoms with van der Waals surface area (Å²) in [6.45, 7) is 0.759. The zero-order valence-corrected chi connectivity index (χ0v) is 16.8. The average Bonchev–Trinajstić information content (AvgIpc) is 2.80. The van der Waals surface area contributed by atoms with Crippen LogP contribution in [0.5, 0.6) is 0 Å². The number of benzene rings is 3. The van der Waals surface area contributed by atoms with Gasteiger partial charge in [-0.2, -0.15) is 0 Å². The lowest BCUT2D eigenvalue weighted by molar-refractivity contribution is -0.115. The van der Waals surface area contributed by atoms with Gasteiger partial charge in [-0.25, -0.2) is 0 Å². The van der Waals surface area contributed by atoms with Crippen LogP contribution in [0.15, 0.2) is 108 Å². The van der Waals surface area contributed by atoms with Crippen LogP contribution in [0.25, 0.3) is 5.57 Å². The second-order valence-corrected chi connectivity index (χ2v) is 8.45. The van der Waals surface area contributed by atoms with E-state index in [1.54, 1.807) is 0 Å². The van der Waals surface area contributed by atoms with Gasteiger partial charge in [-0.05, 0) is 28.8 Å². The van der Waals surface area contributed by atoms with Crippen LogP contribution in [0.1, 0.15) is 22.8 Å². The molecular weight excluding hydrogens is 374 g/mol. The van der Waals surface area contributed by atoms with Gasteiger partial charge in [-0.1, -0.05) is 96.7 Å². The molecule has 0 amide bonds. The lowest BCUT2D eigenvalue weighted by Gasteiger charge is -2.37. The first-order chi connectivity index (χ1) is 14.3. The fourth-order valence-corrected chi connectivity index (χ4v) is 5.47. The number of allylic oxidation sites excluding steroid dienone is 2. The van der Waals surface area contributed by atoms with E-state index in [2.05, 4.69) is 71.6 Å². The largest absolute Gasteiger partial charge is 0.332 e. The Labute approximate surface area is 175 Å². The average molecular weight is 396 g/mol. The molecular formula is C26H21NOS. The van der Waals surface area contributed by atoms with Crippen molar-refractivity contribution in [2.45, 2.75) is 11.7 Å². The van der Waals surface area contributed by atoms with Crippen molar-refractivity contribution in [3.05, 3.63) is 119 Å². The van der Waals surface area contributed by atoms with E-state index < -0.39 is 0 Å². The third-order valence-corrected chi connectivity index (χ3v) is 6.80. The molecule has 2 heterocycles. The van der Waals surface area contributed by atoms with Gasteiger partial charge in [0.1, 0.15) is 0 Å². The molecule has 0 radical (unpaired) electrons. The molecule has 2 nitrogen and oxygen atoms in total. The standard InChI is InChI=1S/C26H21NOS/c28-23-18-24(20-12-6-2-7-13-20)29-26-25(23)22(19-10-4-1-5-11-19)16-17-27(26)21-14-8-3-9-15-21/h1-16,24H,17-18H2. The first-order valence-corrected chi connectivity index (χ1v) is 10.8. The molecule has 0 aliphatic carbocycles. The Morgan fingerprint density at radius 2 is 1.41 bits per heavy atom. The first kappa shape index (κ1) is 18.0. The van der Waals surface area contributed by atoms with Gasteiger partial charge in [0.25, 0.3) is 0 Å². The molecule has 2 aliphatic rings. The molecule has 5 rings (SSSR count). The lowest BCUT2D eigenvalue weighted by Crippen LogP contribution is -2.31. The molecule has 0 N–H and O–H groups in total. The molecule has 0 fully saturated rings. The molecule has 1 unspecified atom stereocenters. The summed E-state index contributed by atoms with van der Waals surface area (Å²) < 4.78 is 0. The van der Waals surface area contributed by atoms with Crippen molar-refractivity contribution in [3.63, 3.8) is 0 Å². The van der Waals surface area contributed by atoms with Crippen molar-refractivity contribution in [1.82, 2.24) is 0 Å². The number of nitrogens with zero attached hydrogens (tertiary/aromatic N) is 1. The maximum absolute atomic E-state index is 13.4. The van der Waals surface area contributed by atoms with E-state index in [9.17, 15) is 4.79 Å². The first-order valence-electron chi connectivity index (χ1n) is 9.89. The molecule has 0 aromatic heterocycles. The quantitative estimate of drug-likeness (QED) is 0.523. The second-order valence-electron chi connectivity index (χ2n) is 7.25. The van der Waals surface area contributed by atoms with Crippen molar-refractivity contribution < 1.29 is 4.79 Å². The molecule has 3 heteroatoms. The van der Waals surface area contributed by atoms with Crippen molar-refractivity contribution in [3.8, 4) is 0 Å². The van der Waals surface area contributed by atoms with Crippen LogP contribution in [0.4, 0.5) is 5.69 Å². The van der Waals surface area contributed by atoms with Gasteiger partial charge < -0.3 is 4.90 Å². The number of hydrogen-bond donors (Lipinski definition) is 0. The van der Waals surface area contributed by atoms with E-state index in [1.807, 2.05) is 42.1 Å². The third kappa shape index (κ3) is 3.43. The van der Waals surface area contributed by atoms with Crippen molar-refractivity contribution >= 4 is 28.8 Å². The van der Waals surface area contributed by atoms with Gasteiger partial charge in [-0.15, -0.1) is 0 Å². The maximum atomic E-state index is 13.4. The van der Waals surface area contributed by atoms with E-state index in [1.165, 1.54) is 5.56 Å². The fourth-order valence-electron chi connectivity index (χ4n) is 4.02. The summed E-state index contributed by atoms with van der Waals surface area (Å²) >= 11 is 1.82. The minimum absolute atomic E-state index is 0.142. The van der Waals surface area contributed by atoms with Crippen LogP contribution >= 0.6 is 11.8 Å². The van der Waals surface area contributed by atoms with Gasteiger partial charge in [0.05, 0.1) is 10.6 Å². The smallest absolute Gasteiger partial charge is 0.167 e. The number of anilines is 1. The number of Topliss-reactive ketones (excluding diaryl/α,β-unsaturated/α-hetero) is 1. The molecule has 29 heavy (non-hydrogen) atoms. The number of carbonyl (C=O) groups excluding carboxylic acids is 1. The van der Waals surface area contributed by atoms with Crippen LogP contribution in [0.3, 0.4) is 0 Å². The molecule has 2 aliphatic heterocycles. The van der Waals surface area contributed by atoms with Crippen molar-refractivity contribution in [2.75, 3.05) is 11.4 Å². The number of ketones is 1. The Morgan fingerprint density at radius 1 is 0.793 bits per heavy atom. The van der Waals surface area contributed by atoms with Gasteiger partial charge in [0.15, 0.2) is 5.78 Å². The van der Waals surface area contributed by atoms with E-state index >= 15 is 0 Å². The Balaban J connectivity index is 1.62. The number of para-hydroxylation sites is 1. The highest BCUT2D eigenvalue weighted by molar-refractivity contribution is 8.03. The highest BCUT2D eigenvalue weighted by atomic mass is 32.2. The summed E-state index contributed by atoms with van der Waals surface area (Å²) in [5, 5.41) is 1.21. The fraction of sp³-hybridized carbons (Fsp3) is 0.115.